The maximum atomic E-state index is 12.8. The number of imide groups is 1. The van der Waals surface area contributed by atoms with Crippen LogP contribution >= 0.6 is 0 Å². The number of anilines is 1. The Morgan fingerprint density at radius 2 is 1.87 bits per heavy atom. The lowest BCUT2D eigenvalue weighted by molar-refractivity contribution is -0.385. The van der Waals surface area contributed by atoms with E-state index in [0.29, 0.717) is 21.5 Å². The van der Waals surface area contributed by atoms with E-state index in [1.165, 1.54) is 31.2 Å². The second-order valence-corrected chi connectivity index (χ2v) is 7.06. The van der Waals surface area contributed by atoms with Crippen LogP contribution in [0.3, 0.4) is 0 Å². The number of rotatable bonds is 4. The summed E-state index contributed by atoms with van der Waals surface area (Å²) in [5.41, 5.74) is -0.208. The molecule has 1 aromatic heterocycles. The van der Waals surface area contributed by atoms with Crippen LogP contribution in [0.1, 0.15) is 33.2 Å². The molecule has 1 atom stereocenters. The highest BCUT2D eigenvalue weighted by Crippen LogP contribution is 2.32. The maximum Gasteiger partial charge on any atom is 0.336 e. The van der Waals surface area contributed by atoms with Gasteiger partial charge in [-0.3, -0.25) is 29.4 Å². The smallest absolute Gasteiger partial charge is 0.336 e. The Kier molecular flexibility index (Phi) is 4.61. The number of aryl methyl sites for hydroxylation is 1. The van der Waals surface area contributed by atoms with Crippen LogP contribution < -0.4 is 10.9 Å². The molecule has 4 rings (SSSR count). The summed E-state index contributed by atoms with van der Waals surface area (Å²) in [7, 11) is 0. The van der Waals surface area contributed by atoms with Crippen molar-refractivity contribution < 1.29 is 23.7 Å². The zero-order chi connectivity index (χ0) is 22.4. The van der Waals surface area contributed by atoms with Crippen molar-refractivity contribution >= 4 is 40.1 Å². The van der Waals surface area contributed by atoms with E-state index >= 15 is 0 Å². The number of benzene rings is 2. The van der Waals surface area contributed by atoms with Crippen LogP contribution in [0.4, 0.5) is 11.4 Å². The lowest BCUT2D eigenvalue weighted by atomic mass is 10.1. The lowest BCUT2D eigenvalue weighted by Gasteiger charge is -2.21. The van der Waals surface area contributed by atoms with Crippen LogP contribution in [0.15, 0.2) is 51.7 Å². The van der Waals surface area contributed by atoms with Gasteiger partial charge in [0.15, 0.2) is 0 Å². The molecule has 10 heteroatoms. The Bertz CT molecular complexity index is 1360. The quantitative estimate of drug-likeness (QED) is 0.295. The number of hydrogen-bond acceptors (Lipinski definition) is 7. The van der Waals surface area contributed by atoms with Gasteiger partial charge in [-0.2, -0.15) is 0 Å². The molecule has 0 saturated heterocycles. The molecule has 0 aliphatic carbocycles. The highest BCUT2D eigenvalue weighted by atomic mass is 16.6. The standard InChI is InChI=1S/C21H15N3O7/c1-10-8-17(25)31-16-9-12(6-7-13(10)16)22-19(26)11(2)23-20(27)14-4-3-5-15(24(29)30)18(14)21(23)28/h3-9,11H,1-2H3,(H,22,26). The molecule has 3 amide bonds. The Hall–Kier alpha value is -4.34. The van der Waals surface area contributed by atoms with Crippen molar-refractivity contribution in [2.24, 2.45) is 0 Å². The molecular formula is C21H15N3O7. The van der Waals surface area contributed by atoms with Gasteiger partial charge in [0, 0.05) is 29.3 Å². The van der Waals surface area contributed by atoms with Gasteiger partial charge in [-0.05, 0) is 37.6 Å². The summed E-state index contributed by atoms with van der Waals surface area (Å²) in [6.07, 6.45) is 0. The molecule has 0 spiro atoms. The Balaban J connectivity index is 1.62. The van der Waals surface area contributed by atoms with Crippen LogP contribution in [0, 0.1) is 17.0 Å². The number of nitro groups is 1. The molecule has 1 aliphatic rings. The first-order valence-electron chi connectivity index (χ1n) is 9.19. The van der Waals surface area contributed by atoms with Gasteiger partial charge in [0.2, 0.25) is 5.91 Å². The van der Waals surface area contributed by atoms with E-state index in [1.807, 2.05) is 0 Å². The van der Waals surface area contributed by atoms with Crippen LogP contribution in [0.2, 0.25) is 0 Å². The summed E-state index contributed by atoms with van der Waals surface area (Å²) < 4.78 is 5.15. The number of fused-ring (bicyclic) bond motifs is 2. The van der Waals surface area contributed by atoms with Crippen molar-refractivity contribution in [3.63, 3.8) is 0 Å². The molecule has 0 saturated carbocycles. The predicted octanol–water partition coefficient (Wildman–Crippen LogP) is 2.63. The van der Waals surface area contributed by atoms with E-state index in [4.69, 9.17) is 4.42 Å². The second-order valence-electron chi connectivity index (χ2n) is 7.06. The fraction of sp³-hybridized carbons (Fsp3) is 0.143. The molecule has 10 nitrogen and oxygen atoms in total. The SMILES string of the molecule is Cc1cc(=O)oc2cc(NC(=O)C(C)N3C(=O)c4cccc([N+](=O)[O-])c4C3=O)ccc12. The molecular weight excluding hydrogens is 406 g/mol. The van der Waals surface area contributed by atoms with E-state index in [1.54, 1.807) is 19.1 Å². The van der Waals surface area contributed by atoms with Gasteiger partial charge in [0.05, 0.1) is 10.5 Å². The molecule has 31 heavy (non-hydrogen) atoms. The number of carbonyl (C=O) groups excluding carboxylic acids is 3. The topological polar surface area (TPSA) is 140 Å². The van der Waals surface area contributed by atoms with Crippen molar-refractivity contribution in [1.82, 2.24) is 4.90 Å². The summed E-state index contributed by atoms with van der Waals surface area (Å²) in [4.78, 5) is 61.0. The average Bonchev–Trinajstić information content (AvgIpc) is 2.97. The second kappa shape index (κ2) is 7.17. The van der Waals surface area contributed by atoms with Crippen LogP contribution in [-0.4, -0.2) is 33.6 Å². The third kappa shape index (κ3) is 3.23. The molecule has 1 N–H and O–H groups in total. The largest absolute Gasteiger partial charge is 0.423 e. The summed E-state index contributed by atoms with van der Waals surface area (Å²) in [5.74, 6) is -2.38. The highest BCUT2D eigenvalue weighted by molar-refractivity contribution is 6.24. The Morgan fingerprint density at radius 1 is 1.13 bits per heavy atom. The molecule has 1 aliphatic heterocycles. The number of nitrogens with one attached hydrogen (secondary N) is 1. The maximum absolute atomic E-state index is 12.8. The van der Waals surface area contributed by atoms with Crippen LogP contribution in [-0.2, 0) is 4.79 Å². The van der Waals surface area contributed by atoms with Gasteiger partial charge < -0.3 is 9.73 Å². The van der Waals surface area contributed by atoms with Crippen LogP contribution in [0.25, 0.3) is 11.0 Å². The Morgan fingerprint density at radius 3 is 2.58 bits per heavy atom. The highest BCUT2D eigenvalue weighted by Gasteiger charge is 2.44. The van der Waals surface area contributed by atoms with E-state index in [-0.39, 0.29) is 16.7 Å². The Labute approximate surface area is 174 Å². The van der Waals surface area contributed by atoms with Gasteiger partial charge in [-0.15, -0.1) is 0 Å². The van der Waals surface area contributed by atoms with Gasteiger partial charge >= 0.3 is 5.63 Å². The van der Waals surface area contributed by atoms with E-state index in [0.717, 1.165) is 6.07 Å². The van der Waals surface area contributed by atoms with Gasteiger partial charge in [-0.25, -0.2) is 4.79 Å². The minimum atomic E-state index is -1.24. The average molecular weight is 421 g/mol. The number of nitrogens with zero attached hydrogens (tertiary/aromatic N) is 2. The summed E-state index contributed by atoms with van der Waals surface area (Å²) >= 11 is 0. The minimum Gasteiger partial charge on any atom is -0.423 e. The van der Waals surface area contributed by atoms with Crippen molar-refractivity contribution in [2.45, 2.75) is 19.9 Å². The number of hydrogen-bond donors (Lipinski definition) is 1. The molecule has 2 aromatic carbocycles. The van der Waals surface area contributed by atoms with Crippen molar-refractivity contribution in [2.75, 3.05) is 5.32 Å². The first-order chi connectivity index (χ1) is 14.7. The molecule has 2 heterocycles. The fourth-order valence-electron chi connectivity index (χ4n) is 3.56. The van der Waals surface area contributed by atoms with E-state index < -0.39 is 40.0 Å². The van der Waals surface area contributed by atoms with Crippen molar-refractivity contribution in [3.05, 3.63) is 79.7 Å². The molecule has 3 aromatic rings. The van der Waals surface area contributed by atoms with E-state index in [2.05, 4.69) is 5.32 Å². The predicted molar refractivity (Wildman–Crippen MR) is 109 cm³/mol. The van der Waals surface area contributed by atoms with Gasteiger partial charge in [0.25, 0.3) is 17.5 Å². The van der Waals surface area contributed by atoms with Crippen molar-refractivity contribution in [3.8, 4) is 0 Å². The molecule has 156 valence electrons. The molecule has 0 fully saturated rings. The first kappa shape index (κ1) is 20.0. The van der Waals surface area contributed by atoms with Crippen molar-refractivity contribution in [1.29, 1.82) is 0 Å². The number of carbonyl (C=O) groups is 3. The van der Waals surface area contributed by atoms with Crippen LogP contribution in [0.5, 0.6) is 0 Å². The number of amides is 3. The fourth-order valence-corrected chi connectivity index (χ4v) is 3.56. The lowest BCUT2D eigenvalue weighted by Crippen LogP contribution is -2.45. The van der Waals surface area contributed by atoms with Gasteiger partial charge in [0.1, 0.15) is 17.2 Å². The molecule has 0 bridgehead atoms. The minimum absolute atomic E-state index is 0.123. The summed E-state index contributed by atoms with van der Waals surface area (Å²) in [6.45, 7) is 3.09. The third-order valence-electron chi connectivity index (χ3n) is 5.11. The van der Waals surface area contributed by atoms with E-state index in [9.17, 15) is 29.3 Å². The zero-order valence-electron chi connectivity index (χ0n) is 16.4. The monoisotopic (exact) mass is 421 g/mol. The zero-order valence-corrected chi connectivity index (χ0v) is 16.4. The first-order valence-corrected chi connectivity index (χ1v) is 9.19. The third-order valence-corrected chi connectivity index (χ3v) is 5.11. The summed E-state index contributed by atoms with van der Waals surface area (Å²) in [6, 6.07) is 8.57. The molecule has 0 radical (unpaired) electrons. The number of nitro benzene ring substituents is 1. The van der Waals surface area contributed by atoms with Gasteiger partial charge in [-0.1, -0.05) is 6.07 Å². The summed E-state index contributed by atoms with van der Waals surface area (Å²) in [5, 5.41) is 14.5. The molecule has 1 unspecified atom stereocenters. The normalized spacial score (nSPS) is 13.9.